The van der Waals surface area contributed by atoms with Crippen molar-refractivity contribution < 1.29 is 5.11 Å². The van der Waals surface area contributed by atoms with E-state index in [1.54, 1.807) is 0 Å². The van der Waals surface area contributed by atoms with Gasteiger partial charge >= 0.3 is 0 Å². The summed E-state index contributed by atoms with van der Waals surface area (Å²) in [5.74, 6) is 0. The molecule has 2 N–H and O–H groups in total. The molecule has 0 saturated carbocycles. The van der Waals surface area contributed by atoms with E-state index in [0.717, 1.165) is 43.8 Å². The molecule has 0 bridgehead atoms. The summed E-state index contributed by atoms with van der Waals surface area (Å²) < 4.78 is 0. The highest BCUT2D eigenvalue weighted by atomic mass is 35.5. The molecule has 1 heterocycles. The minimum atomic E-state index is -0.467. The maximum absolute atomic E-state index is 10.3. The van der Waals surface area contributed by atoms with Crippen LogP contribution in [0, 0.1) is 0 Å². The van der Waals surface area contributed by atoms with Crippen LogP contribution in [0.5, 0.6) is 0 Å². The van der Waals surface area contributed by atoms with E-state index in [4.69, 9.17) is 11.6 Å². The van der Waals surface area contributed by atoms with Crippen LogP contribution in [0.2, 0.25) is 5.02 Å². The van der Waals surface area contributed by atoms with Crippen LogP contribution in [-0.2, 0) is 6.42 Å². The summed E-state index contributed by atoms with van der Waals surface area (Å²) in [6.07, 6.45) is 3.49. The third kappa shape index (κ3) is 3.21. The zero-order valence-electron chi connectivity index (χ0n) is 9.38. The third-order valence-corrected chi connectivity index (χ3v) is 3.58. The van der Waals surface area contributed by atoms with Crippen molar-refractivity contribution in [1.82, 2.24) is 5.32 Å². The summed E-state index contributed by atoms with van der Waals surface area (Å²) in [7, 11) is 0. The van der Waals surface area contributed by atoms with Crippen LogP contribution in [0.4, 0.5) is 0 Å². The fourth-order valence-corrected chi connectivity index (χ4v) is 2.30. The Morgan fingerprint density at radius 1 is 1.19 bits per heavy atom. The summed E-state index contributed by atoms with van der Waals surface area (Å²) >= 11 is 5.83. The van der Waals surface area contributed by atoms with Crippen molar-refractivity contribution >= 4 is 11.6 Å². The second-order valence-electron chi connectivity index (χ2n) is 4.60. The number of aryl methyl sites for hydroxylation is 1. The molecule has 0 aromatic heterocycles. The standard InChI is InChI=1S/C13H18ClNO/c14-12-3-1-11(2-4-12)5-6-13(16)7-9-15-10-8-13/h1-4,15-16H,5-10H2. The average molecular weight is 240 g/mol. The molecule has 2 rings (SSSR count). The van der Waals surface area contributed by atoms with Crippen LogP contribution in [-0.4, -0.2) is 23.8 Å². The second-order valence-corrected chi connectivity index (χ2v) is 5.04. The van der Waals surface area contributed by atoms with Crippen LogP contribution >= 0.6 is 11.6 Å². The number of rotatable bonds is 3. The smallest absolute Gasteiger partial charge is 0.0675 e. The Kier molecular flexibility index (Phi) is 3.85. The van der Waals surface area contributed by atoms with Gasteiger partial charge in [-0.3, -0.25) is 0 Å². The Bertz CT molecular complexity index is 330. The Morgan fingerprint density at radius 2 is 1.81 bits per heavy atom. The largest absolute Gasteiger partial charge is 0.390 e. The predicted octanol–water partition coefficient (Wildman–Crippen LogP) is 2.39. The topological polar surface area (TPSA) is 32.3 Å². The normalized spacial score (nSPS) is 19.6. The van der Waals surface area contributed by atoms with Crippen LogP contribution in [0.3, 0.4) is 0 Å². The van der Waals surface area contributed by atoms with E-state index in [2.05, 4.69) is 5.32 Å². The summed E-state index contributed by atoms with van der Waals surface area (Å²) in [4.78, 5) is 0. The molecule has 0 radical (unpaired) electrons. The number of nitrogens with one attached hydrogen (secondary N) is 1. The lowest BCUT2D eigenvalue weighted by Crippen LogP contribution is -2.42. The average Bonchev–Trinajstić information content (AvgIpc) is 2.29. The molecule has 2 nitrogen and oxygen atoms in total. The first kappa shape index (κ1) is 11.9. The van der Waals surface area contributed by atoms with Gasteiger partial charge in [0.15, 0.2) is 0 Å². The lowest BCUT2D eigenvalue weighted by atomic mass is 9.86. The molecule has 3 heteroatoms. The van der Waals surface area contributed by atoms with Crippen molar-refractivity contribution in [2.75, 3.05) is 13.1 Å². The highest BCUT2D eigenvalue weighted by Crippen LogP contribution is 2.24. The summed E-state index contributed by atoms with van der Waals surface area (Å²) in [6, 6.07) is 7.88. The summed E-state index contributed by atoms with van der Waals surface area (Å²) in [6.45, 7) is 1.86. The van der Waals surface area contributed by atoms with Gasteiger partial charge in [-0.2, -0.15) is 0 Å². The molecule has 1 aromatic carbocycles. The van der Waals surface area contributed by atoms with Gasteiger partial charge in [-0.1, -0.05) is 23.7 Å². The Morgan fingerprint density at radius 3 is 2.44 bits per heavy atom. The van der Waals surface area contributed by atoms with Crippen LogP contribution < -0.4 is 5.32 Å². The number of halogens is 1. The molecule has 0 aliphatic carbocycles. The fourth-order valence-electron chi connectivity index (χ4n) is 2.17. The predicted molar refractivity (Wildman–Crippen MR) is 66.8 cm³/mol. The van der Waals surface area contributed by atoms with Gasteiger partial charge in [-0.05, 0) is 56.5 Å². The van der Waals surface area contributed by atoms with Crippen molar-refractivity contribution in [2.24, 2.45) is 0 Å². The fraction of sp³-hybridized carbons (Fsp3) is 0.538. The van der Waals surface area contributed by atoms with E-state index >= 15 is 0 Å². The van der Waals surface area contributed by atoms with Gasteiger partial charge in [0, 0.05) is 5.02 Å². The van der Waals surface area contributed by atoms with E-state index in [0.29, 0.717) is 0 Å². The first-order valence-corrected chi connectivity index (χ1v) is 6.23. The summed E-state index contributed by atoms with van der Waals surface area (Å²) in [5, 5.41) is 14.4. The molecule has 88 valence electrons. The van der Waals surface area contributed by atoms with E-state index in [1.165, 1.54) is 5.56 Å². The van der Waals surface area contributed by atoms with Crippen molar-refractivity contribution in [3.63, 3.8) is 0 Å². The van der Waals surface area contributed by atoms with E-state index in [1.807, 2.05) is 24.3 Å². The van der Waals surface area contributed by atoms with E-state index < -0.39 is 5.60 Å². The maximum atomic E-state index is 10.3. The molecule has 1 fully saturated rings. The number of hydrogen-bond acceptors (Lipinski definition) is 2. The molecule has 0 atom stereocenters. The van der Waals surface area contributed by atoms with E-state index in [-0.39, 0.29) is 0 Å². The second kappa shape index (κ2) is 5.17. The maximum Gasteiger partial charge on any atom is 0.0675 e. The zero-order chi connectivity index (χ0) is 11.4. The van der Waals surface area contributed by atoms with E-state index in [9.17, 15) is 5.11 Å². The monoisotopic (exact) mass is 239 g/mol. The van der Waals surface area contributed by atoms with Crippen molar-refractivity contribution in [2.45, 2.75) is 31.3 Å². The quantitative estimate of drug-likeness (QED) is 0.849. The Labute approximate surface area is 102 Å². The number of hydrogen-bond donors (Lipinski definition) is 2. The van der Waals surface area contributed by atoms with Gasteiger partial charge in [0.05, 0.1) is 5.60 Å². The molecule has 1 aliphatic heterocycles. The lowest BCUT2D eigenvalue weighted by Gasteiger charge is -2.32. The first-order chi connectivity index (χ1) is 7.68. The highest BCUT2D eigenvalue weighted by Gasteiger charge is 2.28. The van der Waals surface area contributed by atoms with Gasteiger partial charge in [0.25, 0.3) is 0 Å². The van der Waals surface area contributed by atoms with Crippen molar-refractivity contribution in [1.29, 1.82) is 0 Å². The van der Waals surface area contributed by atoms with Crippen LogP contribution in [0.1, 0.15) is 24.8 Å². The lowest BCUT2D eigenvalue weighted by molar-refractivity contribution is 0.00282. The minimum absolute atomic E-state index is 0.467. The van der Waals surface area contributed by atoms with Crippen LogP contribution in [0.15, 0.2) is 24.3 Å². The molecule has 0 amide bonds. The molecule has 0 unspecified atom stereocenters. The van der Waals surface area contributed by atoms with Crippen molar-refractivity contribution in [3.8, 4) is 0 Å². The molecule has 16 heavy (non-hydrogen) atoms. The molecule has 1 aromatic rings. The minimum Gasteiger partial charge on any atom is -0.390 e. The van der Waals surface area contributed by atoms with Gasteiger partial charge in [-0.25, -0.2) is 0 Å². The van der Waals surface area contributed by atoms with Crippen LogP contribution in [0.25, 0.3) is 0 Å². The first-order valence-electron chi connectivity index (χ1n) is 5.86. The SMILES string of the molecule is OC1(CCc2ccc(Cl)cc2)CCNCC1. The Balaban J connectivity index is 1.88. The zero-order valence-corrected chi connectivity index (χ0v) is 10.1. The Hall–Kier alpha value is -0.570. The van der Waals surface area contributed by atoms with Crippen molar-refractivity contribution in [3.05, 3.63) is 34.9 Å². The van der Waals surface area contributed by atoms with Gasteiger partial charge in [-0.15, -0.1) is 0 Å². The molecule has 1 saturated heterocycles. The molecule has 0 spiro atoms. The molecule has 1 aliphatic rings. The summed E-state index contributed by atoms with van der Waals surface area (Å²) in [5.41, 5.74) is 0.779. The number of aliphatic hydroxyl groups is 1. The van der Waals surface area contributed by atoms with Gasteiger partial charge < -0.3 is 10.4 Å². The molecular formula is C13H18ClNO. The molecular weight excluding hydrogens is 222 g/mol. The van der Waals surface area contributed by atoms with Gasteiger partial charge in [0.1, 0.15) is 0 Å². The highest BCUT2D eigenvalue weighted by molar-refractivity contribution is 6.30. The third-order valence-electron chi connectivity index (χ3n) is 3.33. The van der Waals surface area contributed by atoms with Gasteiger partial charge in [0.2, 0.25) is 0 Å². The number of benzene rings is 1. The number of piperidine rings is 1.